The van der Waals surface area contributed by atoms with Crippen LogP contribution in [0.5, 0.6) is 0 Å². The monoisotopic (exact) mass is 375 g/mol. The van der Waals surface area contributed by atoms with E-state index in [0.717, 1.165) is 22.6 Å². The van der Waals surface area contributed by atoms with Crippen LogP contribution >= 0.6 is 11.6 Å². The normalized spacial score (nSPS) is 11.6. The van der Waals surface area contributed by atoms with E-state index in [-0.39, 0.29) is 11.4 Å². The fraction of sp³-hybridized carbons (Fsp3) is 0.167. The standard InChI is InChI=1S/C18H18ClN3O2S/c1-13-18(14(2)22(21-13)16-8-4-3-5-9-16)12-20-25(23,24)17-10-6-7-15(19)11-17/h3-11,20H,12H2,1-2H3. The van der Waals surface area contributed by atoms with Gasteiger partial charge < -0.3 is 0 Å². The molecule has 0 fully saturated rings. The number of halogens is 1. The van der Waals surface area contributed by atoms with Crippen LogP contribution in [0.4, 0.5) is 0 Å². The Labute approximate surface area is 152 Å². The van der Waals surface area contributed by atoms with Gasteiger partial charge in [-0.25, -0.2) is 17.8 Å². The first-order valence-electron chi connectivity index (χ1n) is 7.74. The molecule has 2 aromatic carbocycles. The molecule has 0 bridgehead atoms. The van der Waals surface area contributed by atoms with E-state index in [1.807, 2.05) is 48.9 Å². The second-order valence-electron chi connectivity index (χ2n) is 5.68. The van der Waals surface area contributed by atoms with E-state index >= 15 is 0 Å². The third-order valence-corrected chi connectivity index (χ3v) is 5.62. The molecule has 25 heavy (non-hydrogen) atoms. The molecule has 1 N–H and O–H groups in total. The summed E-state index contributed by atoms with van der Waals surface area (Å²) in [6.45, 7) is 3.96. The lowest BCUT2D eigenvalue weighted by Crippen LogP contribution is -2.23. The van der Waals surface area contributed by atoms with Crippen molar-refractivity contribution in [1.29, 1.82) is 0 Å². The summed E-state index contributed by atoms with van der Waals surface area (Å²) in [5.41, 5.74) is 3.48. The molecule has 130 valence electrons. The molecule has 0 aliphatic rings. The highest BCUT2D eigenvalue weighted by Crippen LogP contribution is 2.19. The molecular formula is C18H18ClN3O2S. The van der Waals surface area contributed by atoms with Crippen molar-refractivity contribution in [3.8, 4) is 5.69 Å². The van der Waals surface area contributed by atoms with Gasteiger partial charge in [-0.15, -0.1) is 0 Å². The SMILES string of the molecule is Cc1nn(-c2ccccc2)c(C)c1CNS(=O)(=O)c1cccc(Cl)c1. The second kappa shape index (κ2) is 7.00. The minimum atomic E-state index is -3.64. The average molecular weight is 376 g/mol. The third-order valence-electron chi connectivity index (χ3n) is 3.99. The highest BCUT2D eigenvalue weighted by atomic mass is 35.5. The van der Waals surface area contributed by atoms with Crippen LogP contribution in [0.25, 0.3) is 5.69 Å². The van der Waals surface area contributed by atoms with Gasteiger partial charge in [0.15, 0.2) is 0 Å². The zero-order valence-corrected chi connectivity index (χ0v) is 15.5. The number of rotatable bonds is 5. The van der Waals surface area contributed by atoms with Crippen molar-refractivity contribution in [2.24, 2.45) is 0 Å². The summed E-state index contributed by atoms with van der Waals surface area (Å²) in [7, 11) is -3.64. The summed E-state index contributed by atoms with van der Waals surface area (Å²) in [6, 6.07) is 15.9. The minimum absolute atomic E-state index is 0.144. The Kier molecular flexibility index (Phi) is 4.94. The van der Waals surface area contributed by atoms with Crippen molar-refractivity contribution in [3.63, 3.8) is 0 Å². The fourth-order valence-electron chi connectivity index (χ4n) is 2.64. The zero-order chi connectivity index (χ0) is 18.0. The molecule has 0 radical (unpaired) electrons. The molecule has 0 aliphatic heterocycles. The molecule has 0 saturated heterocycles. The molecule has 0 saturated carbocycles. The lowest BCUT2D eigenvalue weighted by atomic mass is 10.2. The van der Waals surface area contributed by atoms with Crippen LogP contribution in [0, 0.1) is 13.8 Å². The lowest BCUT2D eigenvalue weighted by molar-refractivity contribution is 0.581. The number of aryl methyl sites for hydroxylation is 1. The third kappa shape index (κ3) is 3.76. The Hall–Kier alpha value is -2.15. The predicted molar refractivity (Wildman–Crippen MR) is 98.5 cm³/mol. The van der Waals surface area contributed by atoms with Crippen LogP contribution < -0.4 is 4.72 Å². The number of sulfonamides is 1. The van der Waals surface area contributed by atoms with Gasteiger partial charge in [-0.2, -0.15) is 5.10 Å². The Morgan fingerprint density at radius 2 is 1.80 bits per heavy atom. The summed E-state index contributed by atoms with van der Waals surface area (Å²) in [5, 5.41) is 4.91. The first-order valence-corrected chi connectivity index (χ1v) is 9.60. The van der Waals surface area contributed by atoms with Gasteiger partial charge in [0.1, 0.15) is 0 Å². The predicted octanol–water partition coefficient (Wildman–Crippen LogP) is 3.62. The smallest absolute Gasteiger partial charge is 0.238 e. The van der Waals surface area contributed by atoms with Crippen molar-refractivity contribution in [2.75, 3.05) is 0 Å². The summed E-state index contributed by atoms with van der Waals surface area (Å²) >= 11 is 5.88. The molecule has 3 aromatic rings. The van der Waals surface area contributed by atoms with E-state index in [2.05, 4.69) is 9.82 Å². The summed E-state index contributed by atoms with van der Waals surface area (Å²) in [4.78, 5) is 0.144. The van der Waals surface area contributed by atoms with Gasteiger partial charge in [-0.05, 0) is 44.2 Å². The zero-order valence-electron chi connectivity index (χ0n) is 13.9. The van der Waals surface area contributed by atoms with Crippen LogP contribution in [-0.2, 0) is 16.6 Å². The van der Waals surface area contributed by atoms with Crippen LogP contribution in [0.3, 0.4) is 0 Å². The Bertz CT molecular complexity index is 998. The van der Waals surface area contributed by atoms with Crippen LogP contribution in [0.15, 0.2) is 59.5 Å². The maximum atomic E-state index is 12.5. The first kappa shape index (κ1) is 17.7. The first-order chi connectivity index (χ1) is 11.9. The van der Waals surface area contributed by atoms with Crippen molar-refractivity contribution in [2.45, 2.75) is 25.3 Å². The molecule has 1 aromatic heterocycles. The Morgan fingerprint density at radius 1 is 1.08 bits per heavy atom. The molecule has 3 rings (SSSR count). The van der Waals surface area contributed by atoms with Crippen LogP contribution in [0.1, 0.15) is 17.0 Å². The quantitative estimate of drug-likeness (QED) is 0.740. The van der Waals surface area contributed by atoms with Gasteiger partial charge >= 0.3 is 0 Å². The largest absolute Gasteiger partial charge is 0.240 e. The average Bonchev–Trinajstić information content (AvgIpc) is 2.88. The number of nitrogens with one attached hydrogen (secondary N) is 1. The van der Waals surface area contributed by atoms with Crippen molar-refractivity contribution in [1.82, 2.24) is 14.5 Å². The Balaban J connectivity index is 1.86. The molecule has 0 aliphatic carbocycles. The molecular weight excluding hydrogens is 358 g/mol. The summed E-state index contributed by atoms with van der Waals surface area (Å²) in [5.74, 6) is 0. The highest BCUT2D eigenvalue weighted by molar-refractivity contribution is 7.89. The highest BCUT2D eigenvalue weighted by Gasteiger charge is 2.18. The van der Waals surface area contributed by atoms with E-state index in [4.69, 9.17) is 11.6 Å². The van der Waals surface area contributed by atoms with Gasteiger partial charge in [0.25, 0.3) is 0 Å². The second-order valence-corrected chi connectivity index (χ2v) is 7.88. The maximum absolute atomic E-state index is 12.5. The van der Waals surface area contributed by atoms with E-state index in [0.29, 0.717) is 5.02 Å². The van der Waals surface area contributed by atoms with Crippen LogP contribution in [-0.4, -0.2) is 18.2 Å². The molecule has 0 amide bonds. The summed E-state index contributed by atoms with van der Waals surface area (Å²) < 4.78 is 29.4. The van der Waals surface area contributed by atoms with Gasteiger partial charge in [0.2, 0.25) is 10.0 Å². The van der Waals surface area contributed by atoms with E-state index in [1.54, 1.807) is 12.1 Å². The van der Waals surface area contributed by atoms with Gasteiger partial charge in [0, 0.05) is 22.8 Å². The van der Waals surface area contributed by atoms with Crippen molar-refractivity contribution < 1.29 is 8.42 Å². The van der Waals surface area contributed by atoms with E-state index in [9.17, 15) is 8.42 Å². The summed E-state index contributed by atoms with van der Waals surface area (Å²) in [6.07, 6.45) is 0. The van der Waals surface area contributed by atoms with Crippen molar-refractivity contribution in [3.05, 3.63) is 76.6 Å². The topological polar surface area (TPSA) is 64.0 Å². The maximum Gasteiger partial charge on any atom is 0.240 e. The molecule has 1 heterocycles. The molecule has 0 spiro atoms. The van der Waals surface area contributed by atoms with Crippen molar-refractivity contribution >= 4 is 21.6 Å². The number of benzene rings is 2. The number of nitrogens with zero attached hydrogens (tertiary/aromatic N) is 2. The number of aromatic nitrogens is 2. The number of para-hydroxylation sites is 1. The van der Waals surface area contributed by atoms with E-state index < -0.39 is 10.0 Å². The fourth-order valence-corrected chi connectivity index (χ4v) is 3.93. The van der Waals surface area contributed by atoms with Gasteiger partial charge in [-0.1, -0.05) is 35.9 Å². The van der Waals surface area contributed by atoms with Crippen LogP contribution in [0.2, 0.25) is 5.02 Å². The van der Waals surface area contributed by atoms with E-state index in [1.165, 1.54) is 12.1 Å². The number of hydrogen-bond donors (Lipinski definition) is 1. The molecule has 0 unspecified atom stereocenters. The molecule has 0 atom stereocenters. The number of hydrogen-bond acceptors (Lipinski definition) is 3. The molecule has 5 nitrogen and oxygen atoms in total. The van der Waals surface area contributed by atoms with Gasteiger partial charge in [-0.3, -0.25) is 0 Å². The minimum Gasteiger partial charge on any atom is -0.238 e. The van der Waals surface area contributed by atoms with Gasteiger partial charge in [0.05, 0.1) is 16.3 Å². The molecule has 7 heteroatoms. The lowest BCUT2D eigenvalue weighted by Gasteiger charge is -2.08. The Morgan fingerprint density at radius 3 is 2.48 bits per heavy atom.